The normalized spacial score (nSPS) is 17.1. The second kappa shape index (κ2) is 10.8. The van der Waals surface area contributed by atoms with Crippen LogP contribution in [0.4, 0.5) is 10.5 Å². The predicted octanol–water partition coefficient (Wildman–Crippen LogP) is 7.63. The molecule has 3 aromatic carbocycles. The number of urea groups is 1. The number of nitrogens with one attached hydrogen (secondary N) is 2. The van der Waals surface area contributed by atoms with Gasteiger partial charge in [0.2, 0.25) is 0 Å². The molecule has 6 heteroatoms. The summed E-state index contributed by atoms with van der Waals surface area (Å²) in [5, 5.41) is 15.6. The second-order valence-electron chi connectivity index (χ2n) is 11.3. The monoisotopic (exact) mass is 524 g/mol. The molecular weight excluding hydrogens is 488 g/mol. The number of hydrogen-bond donors (Lipinski definition) is 3. The van der Waals surface area contributed by atoms with Gasteiger partial charge in [-0.1, -0.05) is 74.9 Å². The van der Waals surface area contributed by atoms with Crippen molar-refractivity contribution in [1.82, 2.24) is 5.32 Å². The molecule has 0 fully saturated rings. The Balaban J connectivity index is 1.71. The minimum atomic E-state index is -0.975. The Morgan fingerprint density at radius 2 is 1.64 bits per heavy atom. The summed E-state index contributed by atoms with van der Waals surface area (Å²) in [5.74, 6) is -0.225. The molecule has 39 heavy (non-hydrogen) atoms. The van der Waals surface area contributed by atoms with Gasteiger partial charge in [0, 0.05) is 12.1 Å². The summed E-state index contributed by atoms with van der Waals surface area (Å²) in [6.45, 7) is 12.1. The number of aromatic carboxylic acids is 1. The van der Waals surface area contributed by atoms with E-state index in [0.29, 0.717) is 23.4 Å². The van der Waals surface area contributed by atoms with Crippen molar-refractivity contribution in [1.29, 1.82) is 0 Å². The van der Waals surface area contributed by atoms with E-state index in [9.17, 15) is 14.7 Å². The highest BCUT2D eigenvalue weighted by atomic mass is 16.5. The molecule has 0 aromatic heterocycles. The van der Waals surface area contributed by atoms with Crippen molar-refractivity contribution in [3.05, 3.63) is 112 Å². The van der Waals surface area contributed by atoms with Crippen molar-refractivity contribution in [2.45, 2.75) is 59.0 Å². The van der Waals surface area contributed by atoms with Crippen LogP contribution in [0.2, 0.25) is 0 Å². The fourth-order valence-electron chi connectivity index (χ4n) is 4.62. The molecule has 202 valence electrons. The third-order valence-corrected chi connectivity index (χ3v) is 6.97. The number of aryl methyl sites for hydroxylation is 2. The number of anilines is 1. The molecule has 4 rings (SSSR count). The SMILES string of the molecule is Cc1ccc(NC(=O)NC2=CC(c3ccc(C)c(C(=O)O)c3)=CCC2(C)Oc2ccccc2C(C)(C)C)cc1. The number of para-hydroxylation sites is 1. The van der Waals surface area contributed by atoms with Crippen molar-refractivity contribution in [2.24, 2.45) is 0 Å². The van der Waals surface area contributed by atoms with Gasteiger partial charge >= 0.3 is 12.0 Å². The van der Waals surface area contributed by atoms with Crippen LogP contribution in [0.1, 0.15) is 66.7 Å². The minimum absolute atomic E-state index is 0.141. The van der Waals surface area contributed by atoms with Gasteiger partial charge in [0.05, 0.1) is 11.3 Å². The molecule has 6 nitrogen and oxygen atoms in total. The Labute approximate surface area is 230 Å². The fraction of sp³-hybridized carbons (Fsp3) is 0.273. The van der Waals surface area contributed by atoms with E-state index in [1.54, 1.807) is 19.1 Å². The summed E-state index contributed by atoms with van der Waals surface area (Å²) in [6, 6.07) is 20.5. The number of ether oxygens (including phenoxy) is 1. The van der Waals surface area contributed by atoms with Gasteiger partial charge in [-0.15, -0.1) is 0 Å². The zero-order valence-electron chi connectivity index (χ0n) is 23.4. The summed E-state index contributed by atoms with van der Waals surface area (Å²) >= 11 is 0. The molecule has 1 aliphatic rings. The highest BCUT2D eigenvalue weighted by Gasteiger charge is 2.36. The van der Waals surface area contributed by atoms with Crippen molar-refractivity contribution in [3.63, 3.8) is 0 Å². The Morgan fingerprint density at radius 3 is 2.31 bits per heavy atom. The highest BCUT2D eigenvalue weighted by Crippen LogP contribution is 2.39. The Kier molecular flexibility index (Phi) is 7.68. The van der Waals surface area contributed by atoms with Gasteiger partial charge in [0.25, 0.3) is 0 Å². The van der Waals surface area contributed by atoms with E-state index in [1.807, 2.05) is 74.5 Å². The van der Waals surface area contributed by atoms with Gasteiger partial charge in [-0.25, -0.2) is 9.59 Å². The molecule has 0 spiro atoms. The summed E-state index contributed by atoms with van der Waals surface area (Å²) < 4.78 is 6.70. The molecule has 0 saturated heterocycles. The molecule has 1 unspecified atom stereocenters. The first-order valence-corrected chi connectivity index (χ1v) is 13.1. The molecule has 1 aliphatic carbocycles. The van der Waals surface area contributed by atoms with Crippen LogP contribution in [-0.2, 0) is 5.41 Å². The van der Waals surface area contributed by atoms with E-state index in [0.717, 1.165) is 28.0 Å². The lowest BCUT2D eigenvalue weighted by Gasteiger charge is -2.37. The Morgan fingerprint density at radius 1 is 0.949 bits per heavy atom. The van der Waals surface area contributed by atoms with Gasteiger partial charge in [-0.2, -0.15) is 0 Å². The van der Waals surface area contributed by atoms with Crippen LogP contribution >= 0.6 is 0 Å². The number of rotatable bonds is 6. The van der Waals surface area contributed by atoms with Gasteiger partial charge in [-0.05, 0) is 78.8 Å². The van der Waals surface area contributed by atoms with E-state index in [2.05, 4.69) is 37.5 Å². The lowest BCUT2D eigenvalue weighted by atomic mass is 9.84. The summed E-state index contributed by atoms with van der Waals surface area (Å²) in [6.07, 6.45) is 4.36. The largest absolute Gasteiger partial charge is 0.481 e. The summed E-state index contributed by atoms with van der Waals surface area (Å²) in [4.78, 5) is 24.9. The highest BCUT2D eigenvalue weighted by molar-refractivity contribution is 5.93. The first kappa shape index (κ1) is 27.7. The number of allylic oxidation sites excluding steroid dienone is 2. The standard InChI is InChI=1S/C33H36N2O4/c1-21-11-15-25(16-12-21)34-31(38)35-29-20-24(23-14-13-22(2)26(19-23)30(36)37)17-18-33(29,6)39-28-10-8-7-9-27(28)32(3,4)5/h7-17,19-20H,18H2,1-6H3,(H,36,37)(H2,34,35,38). The molecular formula is C33H36N2O4. The first-order chi connectivity index (χ1) is 18.4. The third kappa shape index (κ3) is 6.40. The van der Waals surface area contributed by atoms with Crippen LogP contribution in [-0.4, -0.2) is 22.7 Å². The van der Waals surface area contributed by atoms with Crippen LogP contribution in [0.25, 0.3) is 5.57 Å². The number of amides is 2. The van der Waals surface area contributed by atoms with E-state index in [4.69, 9.17) is 4.74 Å². The second-order valence-corrected chi connectivity index (χ2v) is 11.3. The molecule has 0 saturated carbocycles. The van der Waals surface area contributed by atoms with Crippen molar-refractivity contribution in [3.8, 4) is 5.75 Å². The molecule has 1 atom stereocenters. The maximum absolute atomic E-state index is 13.1. The van der Waals surface area contributed by atoms with Crippen molar-refractivity contribution < 1.29 is 19.4 Å². The molecule has 0 bridgehead atoms. The van der Waals surface area contributed by atoms with Crippen LogP contribution in [0.3, 0.4) is 0 Å². The number of carbonyl (C=O) groups excluding carboxylic acids is 1. The van der Waals surface area contributed by atoms with E-state index in [-0.39, 0.29) is 17.0 Å². The Bertz CT molecular complexity index is 1460. The number of carbonyl (C=O) groups is 2. The topological polar surface area (TPSA) is 87.7 Å². The van der Waals surface area contributed by atoms with E-state index in [1.165, 1.54) is 0 Å². The van der Waals surface area contributed by atoms with Crippen LogP contribution < -0.4 is 15.4 Å². The number of carboxylic acids is 1. The van der Waals surface area contributed by atoms with E-state index >= 15 is 0 Å². The maximum Gasteiger partial charge on any atom is 0.335 e. The van der Waals surface area contributed by atoms with Gasteiger partial charge in [0.1, 0.15) is 11.4 Å². The lowest BCUT2D eigenvalue weighted by molar-refractivity contribution is 0.0696. The molecule has 0 radical (unpaired) electrons. The lowest BCUT2D eigenvalue weighted by Crippen LogP contribution is -2.45. The summed E-state index contributed by atoms with van der Waals surface area (Å²) in [5.41, 5.74) is 4.90. The van der Waals surface area contributed by atoms with Crippen molar-refractivity contribution in [2.75, 3.05) is 5.32 Å². The zero-order chi connectivity index (χ0) is 28.4. The molecule has 2 amide bonds. The third-order valence-electron chi connectivity index (χ3n) is 6.97. The number of hydrogen-bond acceptors (Lipinski definition) is 3. The zero-order valence-corrected chi connectivity index (χ0v) is 23.4. The van der Waals surface area contributed by atoms with Crippen LogP contribution in [0.15, 0.2) is 84.6 Å². The van der Waals surface area contributed by atoms with Gasteiger partial charge < -0.3 is 20.5 Å². The summed E-state index contributed by atoms with van der Waals surface area (Å²) in [7, 11) is 0. The minimum Gasteiger partial charge on any atom is -0.481 e. The quantitative estimate of drug-likeness (QED) is 0.309. The Hall–Kier alpha value is -4.32. The molecule has 0 aliphatic heterocycles. The van der Waals surface area contributed by atoms with Gasteiger partial charge in [0.15, 0.2) is 0 Å². The maximum atomic E-state index is 13.1. The molecule has 0 heterocycles. The fourth-order valence-corrected chi connectivity index (χ4v) is 4.62. The van der Waals surface area contributed by atoms with Crippen molar-refractivity contribution >= 4 is 23.3 Å². The smallest absolute Gasteiger partial charge is 0.335 e. The molecule has 3 aromatic rings. The van der Waals surface area contributed by atoms with E-state index < -0.39 is 11.6 Å². The van der Waals surface area contributed by atoms with Crippen LogP contribution in [0.5, 0.6) is 5.75 Å². The molecule has 3 N–H and O–H groups in total. The average Bonchev–Trinajstić information content (AvgIpc) is 2.87. The average molecular weight is 525 g/mol. The predicted molar refractivity (Wildman–Crippen MR) is 156 cm³/mol. The first-order valence-electron chi connectivity index (χ1n) is 13.1. The van der Waals surface area contributed by atoms with Crippen LogP contribution in [0, 0.1) is 13.8 Å². The number of carboxylic acid groups (broad SMARTS) is 1. The number of benzene rings is 3. The van der Waals surface area contributed by atoms with Gasteiger partial charge in [-0.3, -0.25) is 0 Å².